The average molecular weight is 259 g/mol. The summed E-state index contributed by atoms with van der Waals surface area (Å²) in [6.45, 7) is 0. The standard InChI is InChI=1S/C14H17N3O2/c1-15-9-13(16-2)14(19)17-12(10-18)8-11-6-4-3-5-7-11/h3-7,9-10,12H,8H2,1-2H3,(H,17,19)/t12-/m0/s1. The first kappa shape index (κ1) is 14.8. The Labute approximate surface area is 112 Å². The first-order chi connectivity index (χ1) is 9.21. The highest BCUT2D eigenvalue weighted by Gasteiger charge is 2.15. The zero-order chi connectivity index (χ0) is 14.1. The minimum absolute atomic E-state index is 0.197. The summed E-state index contributed by atoms with van der Waals surface area (Å²) in [4.78, 5) is 30.4. The molecule has 0 aliphatic carbocycles. The third-order valence-electron chi connectivity index (χ3n) is 2.50. The molecule has 1 atom stereocenters. The maximum atomic E-state index is 11.8. The van der Waals surface area contributed by atoms with Crippen LogP contribution >= 0.6 is 0 Å². The summed E-state index contributed by atoms with van der Waals surface area (Å²) in [5, 5.41) is 2.62. The summed E-state index contributed by atoms with van der Waals surface area (Å²) in [5.74, 6) is -0.402. The summed E-state index contributed by atoms with van der Waals surface area (Å²) in [6.07, 6.45) is 2.54. The van der Waals surface area contributed by atoms with E-state index in [0.717, 1.165) is 11.8 Å². The molecule has 1 amide bonds. The fourth-order valence-corrected chi connectivity index (χ4v) is 1.58. The molecule has 1 aromatic carbocycles. The van der Waals surface area contributed by atoms with Gasteiger partial charge in [-0.05, 0) is 12.0 Å². The van der Waals surface area contributed by atoms with Crippen LogP contribution in [0.5, 0.6) is 0 Å². The lowest BCUT2D eigenvalue weighted by Gasteiger charge is -2.12. The number of aldehydes is 1. The molecular formula is C14H17N3O2. The van der Waals surface area contributed by atoms with Crippen molar-refractivity contribution in [3.8, 4) is 0 Å². The van der Waals surface area contributed by atoms with Crippen LogP contribution < -0.4 is 5.32 Å². The van der Waals surface area contributed by atoms with Crippen LogP contribution in [-0.4, -0.2) is 44.3 Å². The summed E-state index contributed by atoms with van der Waals surface area (Å²) >= 11 is 0. The third kappa shape index (κ3) is 4.83. The van der Waals surface area contributed by atoms with Crippen molar-refractivity contribution in [1.29, 1.82) is 0 Å². The van der Waals surface area contributed by atoms with Crippen LogP contribution in [0, 0.1) is 0 Å². The maximum absolute atomic E-state index is 11.8. The van der Waals surface area contributed by atoms with Gasteiger partial charge in [-0.3, -0.25) is 14.8 Å². The van der Waals surface area contributed by atoms with Crippen LogP contribution in [0.1, 0.15) is 5.56 Å². The monoisotopic (exact) mass is 259 g/mol. The van der Waals surface area contributed by atoms with Crippen molar-refractivity contribution < 1.29 is 9.59 Å². The highest BCUT2D eigenvalue weighted by Crippen LogP contribution is 2.01. The van der Waals surface area contributed by atoms with E-state index in [9.17, 15) is 9.59 Å². The van der Waals surface area contributed by atoms with Crippen LogP contribution in [0.25, 0.3) is 0 Å². The Morgan fingerprint density at radius 1 is 1.32 bits per heavy atom. The van der Waals surface area contributed by atoms with E-state index in [2.05, 4.69) is 15.3 Å². The molecule has 0 fully saturated rings. The first-order valence-corrected chi connectivity index (χ1v) is 5.90. The number of hydrogen-bond acceptors (Lipinski definition) is 4. The quantitative estimate of drug-likeness (QED) is 0.603. The molecule has 0 spiro atoms. The summed E-state index contributed by atoms with van der Waals surface area (Å²) in [7, 11) is 3.06. The molecule has 0 radical (unpaired) electrons. The molecule has 1 N–H and O–H groups in total. The smallest absolute Gasteiger partial charge is 0.271 e. The molecule has 19 heavy (non-hydrogen) atoms. The number of hydrogen-bond donors (Lipinski definition) is 1. The van der Waals surface area contributed by atoms with E-state index in [1.807, 2.05) is 30.3 Å². The SMILES string of the molecule is CN=CC(=NC)C(=O)N[C@H](C=O)Cc1ccccc1. The van der Waals surface area contributed by atoms with Crippen LogP contribution in [0.2, 0.25) is 0 Å². The fraction of sp³-hybridized carbons (Fsp3) is 0.286. The number of aliphatic imine (C=N–C) groups is 2. The minimum atomic E-state index is -0.572. The fourth-order valence-electron chi connectivity index (χ4n) is 1.58. The Hall–Kier alpha value is -2.30. The molecule has 0 aliphatic heterocycles. The maximum Gasteiger partial charge on any atom is 0.271 e. The molecule has 0 aliphatic rings. The first-order valence-electron chi connectivity index (χ1n) is 5.90. The molecule has 1 rings (SSSR count). The van der Waals surface area contributed by atoms with Crippen LogP contribution in [0.3, 0.4) is 0 Å². The van der Waals surface area contributed by atoms with Gasteiger partial charge >= 0.3 is 0 Å². The van der Waals surface area contributed by atoms with E-state index in [1.165, 1.54) is 13.3 Å². The highest BCUT2D eigenvalue weighted by atomic mass is 16.2. The van der Waals surface area contributed by atoms with Crippen molar-refractivity contribution in [3.05, 3.63) is 35.9 Å². The number of benzene rings is 1. The van der Waals surface area contributed by atoms with Gasteiger partial charge in [-0.15, -0.1) is 0 Å². The molecule has 0 bridgehead atoms. The van der Waals surface area contributed by atoms with Gasteiger partial charge in [0.05, 0.1) is 12.3 Å². The van der Waals surface area contributed by atoms with Gasteiger partial charge in [0.25, 0.3) is 5.91 Å². The molecule has 1 aromatic rings. The number of carbonyl (C=O) groups is 2. The molecular weight excluding hydrogens is 242 g/mol. The number of nitrogens with one attached hydrogen (secondary N) is 1. The van der Waals surface area contributed by atoms with Crippen molar-refractivity contribution in [2.75, 3.05) is 14.1 Å². The zero-order valence-corrected chi connectivity index (χ0v) is 11.0. The summed E-state index contributed by atoms with van der Waals surface area (Å²) < 4.78 is 0. The number of carbonyl (C=O) groups excluding carboxylic acids is 2. The van der Waals surface area contributed by atoms with Gasteiger partial charge in [-0.2, -0.15) is 0 Å². The Kier molecular flexibility index (Phi) is 6.15. The van der Waals surface area contributed by atoms with Gasteiger partial charge in [-0.25, -0.2) is 0 Å². The van der Waals surface area contributed by atoms with Crippen molar-refractivity contribution >= 4 is 24.1 Å². The minimum Gasteiger partial charge on any atom is -0.341 e. The van der Waals surface area contributed by atoms with E-state index >= 15 is 0 Å². The van der Waals surface area contributed by atoms with Crippen molar-refractivity contribution in [3.63, 3.8) is 0 Å². The second kappa shape index (κ2) is 7.92. The van der Waals surface area contributed by atoms with Crippen LogP contribution in [-0.2, 0) is 16.0 Å². The van der Waals surface area contributed by atoms with Crippen LogP contribution in [0.4, 0.5) is 0 Å². The lowest BCUT2D eigenvalue weighted by Crippen LogP contribution is -2.42. The van der Waals surface area contributed by atoms with Crippen molar-refractivity contribution in [2.24, 2.45) is 9.98 Å². The number of amides is 1. The Bertz CT molecular complexity index is 481. The van der Waals surface area contributed by atoms with Gasteiger partial charge in [0.15, 0.2) is 0 Å². The van der Waals surface area contributed by atoms with Gasteiger partial charge in [-0.1, -0.05) is 30.3 Å². The Balaban J connectivity index is 2.67. The average Bonchev–Trinajstić information content (AvgIpc) is 2.44. The molecule has 5 nitrogen and oxygen atoms in total. The zero-order valence-electron chi connectivity index (χ0n) is 11.0. The summed E-state index contributed by atoms with van der Waals surface area (Å²) in [5.41, 5.74) is 1.18. The van der Waals surface area contributed by atoms with Gasteiger partial charge in [0, 0.05) is 14.1 Å². The van der Waals surface area contributed by atoms with E-state index < -0.39 is 11.9 Å². The van der Waals surface area contributed by atoms with E-state index in [1.54, 1.807) is 7.05 Å². The van der Waals surface area contributed by atoms with Crippen LogP contribution in [0.15, 0.2) is 40.3 Å². The molecule has 0 aromatic heterocycles. The Morgan fingerprint density at radius 3 is 2.53 bits per heavy atom. The second-order valence-corrected chi connectivity index (χ2v) is 3.90. The van der Waals surface area contributed by atoms with Gasteiger partial charge in [0.2, 0.25) is 0 Å². The number of rotatable bonds is 6. The predicted molar refractivity (Wildman–Crippen MR) is 75.9 cm³/mol. The molecule has 0 heterocycles. The Morgan fingerprint density at radius 2 is 2.00 bits per heavy atom. The van der Waals surface area contributed by atoms with E-state index in [-0.39, 0.29) is 5.71 Å². The highest BCUT2D eigenvalue weighted by molar-refractivity contribution is 6.60. The second-order valence-electron chi connectivity index (χ2n) is 3.90. The largest absolute Gasteiger partial charge is 0.341 e. The lowest BCUT2D eigenvalue weighted by molar-refractivity contribution is -0.118. The lowest BCUT2D eigenvalue weighted by atomic mass is 10.1. The third-order valence-corrected chi connectivity index (χ3v) is 2.50. The van der Waals surface area contributed by atoms with E-state index in [0.29, 0.717) is 6.42 Å². The normalized spacial score (nSPS) is 13.3. The molecule has 0 saturated carbocycles. The van der Waals surface area contributed by atoms with Gasteiger partial charge in [0.1, 0.15) is 12.0 Å². The summed E-state index contributed by atoms with van der Waals surface area (Å²) in [6, 6.07) is 8.92. The van der Waals surface area contributed by atoms with Crippen molar-refractivity contribution in [2.45, 2.75) is 12.5 Å². The molecule has 5 heteroatoms. The molecule has 0 saturated heterocycles. The molecule has 0 unspecified atom stereocenters. The molecule has 100 valence electrons. The van der Waals surface area contributed by atoms with Crippen molar-refractivity contribution in [1.82, 2.24) is 5.32 Å². The number of nitrogens with zero attached hydrogens (tertiary/aromatic N) is 2. The topological polar surface area (TPSA) is 70.9 Å². The van der Waals surface area contributed by atoms with E-state index in [4.69, 9.17) is 0 Å². The predicted octanol–water partition coefficient (Wildman–Crippen LogP) is 0.684. The van der Waals surface area contributed by atoms with Gasteiger partial charge < -0.3 is 10.1 Å².